The lowest BCUT2D eigenvalue weighted by molar-refractivity contribution is 0.0583. The highest BCUT2D eigenvalue weighted by atomic mass is 79.9. The fourth-order valence-electron chi connectivity index (χ4n) is 2.23. The van der Waals surface area contributed by atoms with Crippen LogP contribution in [-0.2, 0) is 4.74 Å². The molecule has 1 aliphatic heterocycles. The fourth-order valence-corrected chi connectivity index (χ4v) is 2.74. The first kappa shape index (κ1) is 15.8. The molecule has 1 aromatic rings. The number of ether oxygens (including phenoxy) is 2. The van der Waals surface area contributed by atoms with Crippen molar-refractivity contribution in [1.82, 2.24) is 0 Å². The van der Waals surface area contributed by atoms with Crippen LogP contribution in [0.3, 0.4) is 0 Å². The average Bonchev–Trinajstić information content (AvgIpc) is 2.39. The van der Waals surface area contributed by atoms with Gasteiger partial charge in [0.2, 0.25) is 0 Å². The van der Waals surface area contributed by atoms with Crippen molar-refractivity contribution in [1.29, 1.82) is 0 Å². The summed E-state index contributed by atoms with van der Waals surface area (Å²) in [6, 6.07) is 5.99. The molecule has 0 amide bonds. The normalized spacial score (nSPS) is 17.9. The Morgan fingerprint density at radius 1 is 1.39 bits per heavy atom. The van der Waals surface area contributed by atoms with E-state index in [4.69, 9.17) is 15.2 Å². The number of rotatable bonds is 3. The Balaban J connectivity index is 0.00000162. The van der Waals surface area contributed by atoms with Crippen LogP contribution in [0.4, 0.5) is 0 Å². The van der Waals surface area contributed by atoms with Crippen LogP contribution in [0.25, 0.3) is 0 Å². The predicted molar refractivity (Wildman–Crippen MR) is 78.4 cm³/mol. The molecule has 0 aliphatic carbocycles. The Kier molecular flexibility index (Phi) is 6.43. The molecule has 0 radical (unpaired) electrons. The van der Waals surface area contributed by atoms with Gasteiger partial charge in [-0.05, 0) is 42.5 Å². The van der Waals surface area contributed by atoms with Gasteiger partial charge in [0, 0.05) is 23.7 Å². The Morgan fingerprint density at radius 2 is 2.06 bits per heavy atom. The van der Waals surface area contributed by atoms with Crippen LogP contribution < -0.4 is 10.5 Å². The summed E-state index contributed by atoms with van der Waals surface area (Å²) in [6.07, 6.45) is 2.07. The van der Waals surface area contributed by atoms with Crippen LogP contribution in [0.2, 0.25) is 0 Å². The highest BCUT2D eigenvalue weighted by Gasteiger charge is 2.24. The minimum atomic E-state index is 0. The molecule has 0 saturated carbocycles. The molecule has 1 atom stereocenters. The molecule has 1 aromatic carbocycles. The summed E-state index contributed by atoms with van der Waals surface area (Å²) in [5.74, 6) is 1.35. The number of hydrogen-bond donors (Lipinski definition) is 1. The Morgan fingerprint density at radius 3 is 2.67 bits per heavy atom. The third-order valence-electron chi connectivity index (χ3n) is 3.34. The SMILES string of the molecule is COc1ccc(Br)c([C@@H](N)C2CCOCC2)c1.Cl. The topological polar surface area (TPSA) is 44.5 Å². The van der Waals surface area contributed by atoms with Gasteiger partial charge in [-0.2, -0.15) is 0 Å². The van der Waals surface area contributed by atoms with Gasteiger partial charge in [-0.25, -0.2) is 0 Å². The molecular weight excluding hydrogens is 318 g/mol. The zero-order valence-electron chi connectivity index (χ0n) is 10.4. The third-order valence-corrected chi connectivity index (χ3v) is 4.06. The molecule has 0 spiro atoms. The van der Waals surface area contributed by atoms with Crippen molar-refractivity contribution < 1.29 is 9.47 Å². The highest BCUT2D eigenvalue weighted by Crippen LogP contribution is 2.34. The summed E-state index contributed by atoms with van der Waals surface area (Å²) in [7, 11) is 1.67. The number of hydrogen-bond acceptors (Lipinski definition) is 3. The highest BCUT2D eigenvalue weighted by molar-refractivity contribution is 9.10. The second kappa shape index (κ2) is 7.34. The summed E-state index contributed by atoms with van der Waals surface area (Å²) in [4.78, 5) is 0. The fraction of sp³-hybridized carbons (Fsp3) is 0.538. The molecule has 1 aliphatic rings. The average molecular weight is 337 g/mol. The maximum Gasteiger partial charge on any atom is 0.119 e. The lowest BCUT2D eigenvalue weighted by Gasteiger charge is -2.28. The van der Waals surface area contributed by atoms with E-state index in [1.54, 1.807) is 7.11 Å². The molecular formula is C13H19BrClNO2. The minimum absolute atomic E-state index is 0. The molecule has 1 heterocycles. The van der Waals surface area contributed by atoms with Gasteiger partial charge in [0.05, 0.1) is 7.11 Å². The lowest BCUT2D eigenvalue weighted by Crippen LogP contribution is -2.27. The summed E-state index contributed by atoms with van der Waals surface area (Å²) >= 11 is 3.56. The van der Waals surface area contributed by atoms with Crippen molar-refractivity contribution in [3.63, 3.8) is 0 Å². The smallest absolute Gasteiger partial charge is 0.119 e. The van der Waals surface area contributed by atoms with E-state index in [2.05, 4.69) is 15.9 Å². The van der Waals surface area contributed by atoms with E-state index in [-0.39, 0.29) is 18.4 Å². The zero-order valence-corrected chi connectivity index (χ0v) is 12.8. The second-order valence-electron chi connectivity index (χ2n) is 4.36. The van der Waals surface area contributed by atoms with Crippen molar-refractivity contribution in [2.24, 2.45) is 11.7 Å². The second-order valence-corrected chi connectivity index (χ2v) is 5.22. The van der Waals surface area contributed by atoms with Crippen molar-refractivity contribution in [3.05, 3.63) is 28.2 Å². The largest absolute Gasteiger partial charge is 0.497 e. The first-order valence-corrected chi connectivity index (χ1v) is 6.68. The maximum absolute atomic E-state index is 6.35. The minimum Gasteiger partial charge on any atom is -0.497 e. The molecule has 2 rings (SSSR count). The van der Waals surface area contributed by atoms with Gasteiger partial charge in [-0.1, -0.05) is 15.9 Å². The van der Waals surface area contributed by atoms with E-state index in [9.17, 15) is 0 Å². The van der Waals surface area contributed by atoms with E-state index >= 15 is 0 Å². The van der Waals surface area contributed by atoms with E-state index in [0.29, 0.717) is 5.92 Å². The van der Waals surface area contributed by atoms with Crippen LogP contribution in [0.15, 0.2) is 22.7 Å². The van der Waals surface area contributed by atoms with E-state index in [1.165, 1.54) is 0 Å². The molecule has 18 heavy (non-hydrogen) atoms. The van der Waals surface area contributed by atoms with Gasteiger partial charge in [-0.3, -0.25) is 0 Å². The number of methoxy groups -OCH3 is 1. The van der Waals surface area contributed by atoms with Crippen molar-refractivity contribution >= 4 is 28.3 Å². The van der Waals surface area contributed by atoms with E-state index < -0.39 is 0 Å². The van der Waals surface area contributed by atoms with Gasteiger partial charge >= 0.3 is 0 Å². The van der Waals surface area contributed by atoms with Gasteiger partial charge in [0.15, 0.2) is 0 Å². The molecule has 0 bridgehead atoms. The number of halogens is 2. The van der Waals surface area contributed by atoms with Crippen molar-refractivity contribution in [3.8, 4) is 5.75 Å². The molecule has 1 saturated heterocycles. The number of benzene rings is 1. The first-order valence-electron chi connectivity index (χ1n) is 5.89. The summed E-state index contributed by atoms with van der Waals surface area (Å²) < 4.78 is 11.7. The Labute approximate surface area is 123 Å². The Hall–Kier alpha value is -0.290. The zero-order chi connectivity index (χ0) is 12.3. The van der Waals surface area contributed by atoms with Crippen LogP contribution in [0.1, 0.15) is 24.4 Å². The van der Waals surface area contributed by atoms with Crippen LogP contribution in [-0.4, -0.2) is 20.3 Å². The molecule has 5 heteroatoms. The molecule has 2 N–H and O–H groups in total. The summed E-state index contributed by atoms with van der Waals surface area (Å²) in [5, 5.41) is 0. The third kappa shape index (κ3) is 3.60. The number of nitrogens with two attached hydrogens (primary N) is 1. The summed E-state index contributed by atoms with van der Waals surface area (Å²) in [6.45, 7) is 1.64. The van der Waals surface area contributed by atoms with Gasteiger partial charge in [0.1, 0.15) is 5.75 Å². The van der Waals surface area contributed by atoms with Crippen LogP contribution >= 0.6 is 28.3 Å². The van der Waals surface area contributed by atoms with Crippen LogP contribution in [0.5, 0.6) is 5.75 Å². The maximum atomic E-state index is 6.35. The van der Waals surface area contributed by atoms with Gasteiger partial charge in [-0.15, -0.1) is 12.4 Å². The Bertz CT molecular complexity index is 383. The first-order chi connectivity index (χ1) is 8.22. The lowest BCUT2D eigenvalue weighted by atomic mass is 9.88. The molecule has 1 fully saturated rings. The van der Waals surface area contributed by atoms with E-state index in [1.807, 2.05) is 18.2 Å². The standard InChI is InChI=1S/C13H18BrNO2.ClH/c1-16-10-2-3-12(14)11(8-10)13(15)9-4-6-17-7-5-9;/h2-3,8-9,13H,4-7,15H2,1H3;1H/t13-;/m0./s1. The van der Waals surface area contributed by atoms with E-state index in [0.717, 1.165) is 41.8 Å². The molecule has 102 valence electrons. The molecule has 0 unspecified atom stereocenters. The molecule has 0 aromatic heterocycles. The monoisotopic (exact) mass is 335 g/mol. The van der Waals surface area contributed by atoms with Crippen molar-refractivity contribution in [2.45, 2.75) is 18.9 Å². The van der Waals surface area contributed by atoms with Crippen LogP contribution in [0, 0.1) is 5.92 Å². The molecule has 3 nitrogen and oxygen atoms in total. The van der Waals surface area contributed by atoms with Gasteiger partial charge < -0.3 is 15.2 Å². The van der Waals surface area contributed by atoms with Crippen molar-refractivity contribution in [2.75, 3.05) is 20.3 Å². The summed E-state index contributed by atoms with van der Waals surface area (Å²) in [5.41, 5.74) is 7.47. The predicted octanol–water partition coefficient (Wildman–Crippen LogP) is 3.31. The quantitative estimate of drug-likeness (QED) is 0.921. The van der Waals surface area contributed by atoms with Gasteiger partial charge in [0.25, 0.3) is 0 Å².